The van der Waals surface area contributed by atoms with Gasteiger partial charge in [0.05, 0.1) is 0 Å². The summed E-state index contributed by atoms with van der Waals surface area (Å²) in [5.41, 5.74) is 1.12. The summed E-state index contributed by atoms with van der Waals surface area (Å²) in [7, 11) is 0. The number of carbonyl (C=O) groups is 1. The van der Waals surface area contributed by atoms with Crippen molar-refractivity contribution in [3.63, 3.8) is 0 Å². The normalized spacial score (nSPS) is 20.4. The molecule has 1 aliphatic carbocycles. The zero-order valence-electron chi connectivity index (χ0n) is 14.1. The first-order valence-corrected chi connectivity index (χ1v) is 8.44. The Balaban J connectivity index is 1.33. The lowest BCUT2D eigenvalue weighted by atomic mass is 9.79. The monoisotopic (exact) mass is 354 g/mol. The van der Waals surface area contributed by atoms with Crippen LogP contribution in [0.2, 0.25) is 0 Å². The van der Waals surface area contributed by atoms with E-state index in [-0.39, 0.29) is 29.5 Å². The minimum Gasteiger partial charge on any atom is -0.384 e. The summed E-state index contributed by atoms with van der Waals surface area (Å²) in [5, 5.41) is 20.1. The molecule has 8 nitrogen and oxygen atoms in total. The van der Waals surface area contributed by atoms with Gasteiger partial charge < -0.3 is 19.5 Å². The van der Waals surface area contributed by atoms with Gasteiger partial charge in [0.2, 0.25) is 0 Å². The molecule has 1 amide bonds. The molecular weight excluding hydrogens is 336 g/mol. The summed E-state index contributed by atoms with van der Waals surface area (Å²) < 4.78 is 10.2. The first-order chi connectivity index (χ1) is 12.6. The van der Waals surface area contributed by atoms with Gasteiger partial charge in [0, 0.05) is 23.6 Å². The highest BCUT2D eigenvalue weighted by Crippen LogP contribution is 2.35. The highest BCUT2D eigenvalue weighted by molar-refractivity contribution is 5.93. The van der Waals surface area contributed by atoms with Crippen LogP contribution in [0.25, 0.3) is 11.3 Å². The summed E-state index contributed by atoms with van der Waals surface area (Å²) >= 11 is 0. The highest BCUT2D eigenvalue weighted by Gasteiger charge is 2.35. The minimum absolute atomic E-state index is 0.0258. The number of aromatic nitrogens is 3. The Kier molecular flexibility index (Phi) is 4.26. The Labute approximate surface area is 149 Å². The van der Waals surface area contributed by atoms with Crippen molar-refractivity contribution in [1.29, 1.82) is 0 Å². The molecule has 3 aromatic rings. The lowest BCUT2D eigenvalue weighted by Crippen LogP contribution is -2.43. The van der Waals surface area contributed by atoms with Gasteiger partial charge in [-0.1, -0.05) is 40.6 Å². The maximum absolute atomic E-state index is 12.3. The molecule has 0 radical (unpaired) electrons. The molecule has 4 rings (SSSR count). The molecule has 2 heterocycles. The Bertz CT molecular complexity index is 897. The van der Waals surface area contributed by atoms with E-state index in [1.807, 2.05) is 30.3 Å². The molecule has 1 aliphatic rings. The predicted octanol–water partition coefficient (Wildman–Crippen LogP) is 2.45. The molecule has 1 aromatic carbocycles. The second-order valence-corrected chi connectivity index (χ2v) is 6.45. The quantitative estimate of drug-likeness (QED) is 0.723. The molecule has 2 aromatic heterocycles. The van der Waals surface area contributed by atoms with Crippen molar-refractivity contribution in [3.05, 3.63) is 53.8 Å². The number of hydrogen-bond acceptors (Lipinski definition) is 7. The van der Waals surface area contributed by atoms with Crippen molar-refractivity contribution >= 4 is 5.91 Å². The zero-order valence-corrected chi connectivity index (χ0v) is 14.1. The predicted molar refractivity (Wildman–Crippen MR) is 90.1 cm³/mol. The highest BCUT2D eigenvalue weighted by atomic mass is 16.5. The van der Waals surface area contributed by atoms with Crippen molar-refractivity contribution in [2.75, 3.05) is 0 Å². The van der Waals surface area contributed by atoms with E-state index < -0.39 is 6.10 Å². The van der Waals surface area contributed by atoms with Gasteiger partial charge in [-0.05, 0) is 19.8 Å². The summed E-state index contributed by atoms with van der Waals surface area (Å²) in [5.74, 6) is 1.19. The first kappa shape index (κ1) is 16.5. The molecule has 8 heteroatoms. The largest absolute Gasteiger partial charge is 0.384 e. The van der Waals surface area contributed by atoms with Crippen LogP contribution in [0.1, 0.15) is 54.0 Å². The van der Waals surface area contributed by atoms with E-state index in [9.17, 15) is 9.90 Å². The summed E-state index contributed by atoms with van der Waals surface area (Å²) in [6.45, 7) is 1.57. The van der Waals surface area contributed by atoms with E-state index >= 15 is 0 Å². The Morgan fingerprint density at radius 1 is 1.23 bits per heavy atom. The SMILES string of the molecule is C[C@H](O)c1nc([C@H]2C[C@H](NC(=O)c3cc(-c4ccccc4)on3)C2)no1. The van der Waals surface area contributed by atoms with Gasteiger partial charge in [0.25, 0.3) is 11.8 Å². The lowest BCUT2D eigenvalue weighted by Gasteiger charge is -2.33. The summed E-state index contributed by atoms with van der Waals surface area (Å²) in [6, 6.07) is 11.2. The molecular formula is C18H18N4O4. The fourth-order valence-electron chi connectivity index (χ4n) is 2.91. The number of benzene rings is 1. The van der Waals surface area contributed by atoms with Gasteiger partial charge in [-0.2, -0.15) is 4.98 Å². The number of nitrogens with zero attached hydrogens (tertiary/aromatic N) is 3. The van der Waals surface area contributed by atoms with Crippen LogP contribution >= 0.6 is 0 Å². The van der Waals surface area contributed by atoms with Gasteiger partial charge in [0.1, 0.15) is 6.10 Å². The van der Waals surface area contributed by atoms with Crippen molar-refractivity contribution in [2.24, 2.45) is 0 Å². The summed E-state index contributed by atoms with van der Waals surface area (Å²) in [4.78, 5) is 16.5. The molecule has 0 saturated heterocycles. The van der Waals surface area contributed by atoms with Crippen molar-refractivity contribution < 1.29 is 18.9 Å². The lowest BCUT2D eigenvalue weighted by molar-refractivity contribution is 0.0898. The third-order valence-electron chi connectivity index (χ3n) is 4.45. The molecule has 1 saturated carbocycles. The Morgan fingerprint density at radius 3 is 2.69 bits per heavy atom. The average Bonchev–Trinajstić information content (AvgIpc) is 3.28. The van der Waals surface area contributed by atoms with Crippen LogP contribution in [0.5, 0.6) is 0 Å². The molecule has 0 bridgehead atoms. The third-order valence-corrected chi connectivity index (χ3v) is 4.45. The Hall–Kier alpha value is -3.00. The molecule has 0 aliphatic heterocycles. The average molecular weight is 354 g/mol. The fourth-order valence-corrected chi connectivity index (χ4v) is 2.91. The van der Waals surface area contributed by atoms with Crippen molar-refractivity contribution in [3.8, 4) is 11.3 Å². The number of nitrogens with one attached hydrogen (secondary N) is 1. The van der Waals surface area contributed by atoms with Gasteiger partial charge in [-0.3, -0.25) is 4.79 Å². The Morgan fingerprint density at radius 2 is 2.00 bits per heavy atom. The molecule has 2 N–H and O–H groups in total. The number of carbonyl (C=O) groups excluding carboxylic acids is 1. The minimum atomic E-state index is -0.780. The van der Waals surface area contributed by atoms with E-state index in [1.54, 1.807) is 13.0 Å². The molecule has 0 unspecified atom stereocenters. The van der Waals surface area contributed by atoms with Crippen LogP contribution in [0.15, 0.2) is 45.4 Å². The second-order valence-electron chi connectivity index (χ2n) is 6.45. The van der Waals surface area contributed by atoms with Crippen LogP contribution < -0.4 is 5.32 Å². The van der Waals surface area contributed by atoms with E-state index in [4.69, 9.17) is 9.05 Å². The van der Waals surface area contributed by atoms with Crippen LogP contribution in [-0.2, 0) is 0 Å². The molecule has 134 valence electrons. The topological polar surface area (TPSA) is 114 Å². The number of aliphatic hydroxyl groups excluding tert-OH is 1. The van der Waals surface area contributed by atoms with Crippen LogP contribution in [0, 0.1) is 0 Å². The maximum atomic E-state index is 12.3. The molecule has 0 spiro atoms. The van der Waals surface area contributed by atoms with Gasteiger partial charge >= 0.3 is 0 Å². The van der Waals surface area contributed by atoms with E-state index in [1.165, 1.54) is 0 Å². The molecule has 1 atom stereocenters. The zero-order chi connectivity index (χ0) is 18.1. The maximum Gasteiger partial charge on any atom is 0.273 e. The third kappa shape index (κ3) is 3.23. The number of aliphatic hydroxyl groups is 1. The van der Waals surface area contributed by atoms with Gasteiger partial charge in [-0.15, -0.1) is 0 Å². The van der Waals surface area contributed by atoms with Gasteiger partial charge in [0.15, 0.2) is 17.3 Å². The number of hydrogen-bond donors (Lipinski definition) is 2. The van der Waals surface area contributed by atoms with Crippen molar-refractivity contribution in [1.82, 2.24) is 20.6 Å². The van der Waals surface area contributed by atoms with Gasteiger partial charge in [-0.25, -0.2) is 0 Å². The molecule has 26 heavy (non-hydrogen) atoms. The van der Waals surface area contributed by atoms with Crippen molar-refractivity contribution in [2.45, 2.75) is 37.8 Å². The van der Waals surface area contributed by atoms with Crippen LogP contribution in [-0.4, -0.2) is 32.4 Å². The smallest absolute Gasteiger partial charge is 0.273 e. The number of amides is 1. The van der Waals surface area contributed by atoms with E-state index in [2.05, 4.69) is 20.6 Å². The van der Waals surface area contributed by atoms with E-state index in [0.717, 1.165) is 5.56 Å². The fraction of sp³-hybridized carbons (Fsp3) is 0.333. The standard InChI is InChI=1S/C18H18N4O4/c1-10(23)18-20-16(22-26-18)12-7-13(8-12)19-17(24)14-9-15(25-21-14)11-5-3-2-4-6-11/h2-6,9-10,12-13,23H,7-8H2,1H3,(H,19,24)/t10-,12-,13-/m0/s1. The first-order valence-electron chi connectivity index (χ1n) is 8.44. The summed E-state index contributed by atoms with van der Waals surface area (Å²) in [6.07, 6.45) is 0.653. The van der Waals surface area contributed by atoms with Crippen LogP contribution in [0.3, 0.4) is 0 Å². The number of rotatable bonds is 5. The van der Waals surface area contributed by atoms with E-state index in [0.29, 0.717) is 24.4 Å². The van der Waals surface area contributed by atoms with Crippen LogP contribution in [0.4, 0.5) is 0 Å². The second kappa shape index (κ2) is 6.72. The molecule has 1 fully saturated rings.